The lowest BCUT2D eigenvalue weighted by atomic mass is 10.1. The van der Waals surface area contributed by atoms with Crippen LogP contribution in [-0.4, -0.2) is 16.9 Å². The third-order valence-electron chi connectivity index (χ3n) is 2.55. The van der Waals surface area contributed by atoms with Crippen molar-refractivity contribution < 1.29 is 4.74 Å². The number of hydrogen-bond acceptors (Lipinski definition) is 2. The van der Waals surface area contributed by atoms with Gasteiger partial charge in [0, 0.05) is 0 Å². The molecule has 0 aliphatic heterocycles. The molecule has 3 nitrogen and oxygen atoms in total. The monoisotopic (exact) mass is 236 g/mol. The quantitative estimate of drug-likeness (QED) is 0.820. The molecule has 1 heterocycles. The van der Waals surface area contributed by atoms with Crippen molar-refractivity contribution in [3.8, 4) is 5.75 Å². The Balaban J connectivity index is 2.27. The zero-order valence-electron chi connectivity index (χ0n) is 9.27. The Labute approximate surface area is 99.6 Å². The summed E-state index contributed by atoms with van der Waals surface area (Å²) in [5.41, 5.74) is 2.43. The standard InChI is InChI=1S/C12H13ClN2O/c1-9-5-3-4-6-10(9)8-15-12(13)11(16-2)7-14-15/h3-7H,8H2,1-2H3. The normalized spacial score (nSPS) is 10.4. The Bertz CT molecular complexity index is 494. The molecule has 0 radical (unpaired) electrons. The number of halogens is 1. The summed E-state index contributed by atoms with van der Waals surface area (Å²) in [5, 5.41) is 4.72. The van der Waals surface area contributed by atoms with Crippen molar-refractivity contribution in [2.45, 2.75) is 13.5 Å². The van der Waals surface area contributed by atoms with E-state index in [0.29, 0.717) is 17.4 Å². The lowest BCUT2D eigenvalue weighted by Gasteiger charge is -2.06. The van der Waals surface area contributed by atoms with Crippen LogP contribution >= 0.6 is 11.6 Å². The Kier molecular flexibility index (Phi) is 3.15. The van der Waals surface area contributed by atoms with Crippen LogP contribution in [0.3, 0.4) is 0 Å². The SMILES string of the molecule is COc1cnn(Cc2ccccc2C)c1Cl. The van der Waals surface area contributed by atoms with E-state index < -0.39 is 0 Å². The van der Waals surface area contributed by atoms with Crippen LogP contribution in [0.5, 0.6) is 5.75 Å². The molecule has 1 aromatic heterocycles. The van der Waals surface area contributed by atoms with Crippen molar-refractivity contribution in [3.63, 3.8) is 0 Å². The zero-order chi connectivity index (χ0) is 11.5. The average molecular weight is 237 g/mol. The fourth-order valence-corrected chi connectivity index (χ4v) is 1.78. The maximum absolute atomic E-state index is 6.10. The van der Waals surface area contributed by atoms with Crippen LogP contribution in [-0.2, 0) is 6.54 Å². The van der Waals surface area contributed by atoms with Gasteiger partial charge < -0.3 is 4.74 Å². The van der Waals surface area contributed by atoms with Crippen molar-refractivity contribution in [2.24, 2.45) is 0 Å². The first-order valence-corrected chi connectivity index (χ1v) is 5.40. The molecule has 1 aromatic carbocycles. The van der Waals surface area contributed by atoms with E-state index in [1.54, 1.807) is 18.0 Å². The minimum atomic E-state index is 0.533. The second kappa shape index (κ2) is 4.58. The van der Waals surface area contributed by atoms with E-state index in [0.717, 1.165) is 0 Å². The molecule has 0 aliphatic carbocycles. The van der Waals surface area contributed by atoms with Gasteiger partial charge >= 0.3 is 0 Å². The molecule has 2 aromatic rings. The smallest absolute Gasteiger partial charge is 0.175 e. The average Bonchev–Trinajstić information content (AvgIpc) is 2.63. The van der Waals surface area contributed by atoms with Crippen molar-refractivity contribution >= 4 is 11.6 Å². The van der Waals surface area contributed by atoms with Crippen molar-refractivity contribution in [1.82, 2.24) is 9.78 Å². The highest BCUT2D eigenvalue weighted by Crippen LogP contribution is 2.24. The van der Waals surface area contributed by atoms with E-state index in [2.05, 4.69) is 24.2 Å². The summed E-state index contributed by atoms with van der Waals surface area (Å²) < 4.78 is 6.80. The van der Waals surface area contributed by atoms with Gasteiger partial charge in [0.15, 0.2) is 10.9 Å². The van der Waals surface area contributed by atoms with Gasteiger partial charge in [-0.15, -0.1) is 0 Å². The summed E-state index contributed by atoms with van der Waals surface area (Å²) in [6.07, 6.45) is 1.63. The molecule has 0 atom stereocenters. The second-order valence-electron chi connectivity index (χ2n) is 3.59. The molecule has 0 spiro atoms. The fraction of sp³-hybridized carbons (Fsp3) is 0.250. The number of nitrogens with zero attached hydrogens (tertiary/aromatic N) is 2. The molecule has 0 N–H and O–H groups in total. The van der Waals surface area contributed by atoms with E-state index in [4.69, 9.17) is 16.3 Å². The van der Waals surface area contributed by atoms with Crippen LogP contribution in [0.15, 0.2) is 30.5 Å². The predicted octanol–water partition coefficient (Wildman–Crippen LogP) is 2.90. The van der Waals surface area contributed by atoms with Crippen LogP contribution in [0, 0.1) is 6.92 Å². The van der Waals surface area contributed by atoms with Gasteiger partial charge in [-0.1, -0.05) is 35.9 Å². The van der Waals surface area contributed by atoms with Crippen molar-refractivity contribution in [1.29, 1.82) is 0 Å². The molecule has 0 saturated carbocycles. The number of aromatic nitrogens is 2. The van der Waals surface area contributed by atoms with Crippen LogP contribution in [0.2, 0.25) is 5.15 Å². The second-order valence-corrected chi connectivity index (χ2v) is 3.95. The molecule has 0 unspecified atom stereocenters. The summed E-state index contributed by atoms with van der Waals surface area (Å²) in [6, 6.07) is 8.17. The first-order valence-electron chi connectivity index (χ1n) is 5.02. The summed E-state index contributed by atoms with van der Waals surface area (Å²) in [5.74, 6) is 0.607. The van der Waals surface area contributed by atoms with E-state index in [9.17, 15) is 0 Å². The molecular weight excluding hydrogens is 224 g/mol. The maximum atomic E-state index is 6.10. The lowest BCUT2D eigenvalue weighted by molar-refractivity contribution is 0.414. The Morgan fingerprint density at radius 1 is 1.38 bits per heavy atom. The summed E-state index contributed by atoms with van der Waals surface area (Å²) in [4.78, 5) is 0. The fourth-order valence-electron chi connectivity index (χ4n) is 1.55. The maximum Gasteiger partial charge on any atom is 0.175 e. The Morgan fingerprint density at radius 3 is 2.75 bits per heavy atom. The topological polar surface area (TPSA) is 27.1 Å². The van der Waals surface area contributed by atoms with Gasteiger partial charge in [0.25, 0.3) is 0 Å². The molecular formula is C12H13ClN2O. The summed E-state index contributed by atoms with van der Waals surface area (Å²) in [6.45, 7) is 2.73. The Hall–Kier alpha value is -1.48. The third kappa shape index (κ3) is 2.04. The van der Waals surface area contributed by atoms with Gasteiger partial charge in [0.05, 0.1) is 19.9 Å². The number of hydrogen-bond donors (Lipinski definition) is 0. The molecule has 0 bridgehead atoms. The van der Waals surface area contributed by atoms with Crippen LogP contribution in [0.25, 0.3) is 0 Å². The van der Waals surface area contributed by atoms with Gasteiger partial charge in [-0.25, -0.2) is 4.68 Å². The molecule has 0 amide bonds. The summed E-state index contributed by atoms with van der Waals surface area (Å²) >= 11 is 6.10. The van der Waals surface area contributed by atoms with Crippen LogP contribution in [0.4, 0.5) is 0 Å². The highest BCUT2D eigenvalue weighted by Gasteiger charge is 2.09. The number of benzene rings is 1. The highest BCUT2D eigenvalue weighted by atomic mass is 35.5. The van der Waals surface area contributed by atoms with Crippen LogP contribution < -0.4 is 4.74 Å². The van der Waals surface area contributed by atoms with E-state index >= 15 is 0 Å². The van der Waals surface area contributed by atoms with Gasteiger partial charge in [0.2, 0.25) is 0 Å². The van der Waals surface area contributed by atoms with E-state index in [-0.39, 0.29) is 0 Å². The van der Waals surface area contributed by atoms with Gasteiger partial charge in [-0.05, 0) is 18.1 Å². The first-order chi connectivity index (χ1) is 7.72. The van der Waals surface area contributed by atoms with Crippen molar-refractivity contribution in [2.75, 3.05) is 7.11 Å². The number of methoxy groups -OCH3 is 1. The van der Waals surface area contributed by atoms with Gasteiger partial charge in [-0.3, -0.25) is 0 Å². The van der Waals surface area contributed by atoms with Crippen LogP contribution in [0.1, 0.15) is 11.1 Å². The molecule has 16 heavy (non-hydrogen) atoms. The minimum Gasteiger partial charge on any atom is -0.492 e. The highest BCUT2D eigenvalue weighted by molar-refractivity contribution is 6.31. The third-order valence-corrected chi connectivity index (χ3v) is 2.93. The molecule has 4 heteroatoms. The predicted molar refractivity (Wildman–Crippen MR) is 64.1 cm³/mol. The lowest BCUT2D eigenvalue weighted by Crippen LogP contribution is -2.03. The zero-order valence-corrected chi connectivity index (χ0v) is 10.0. The molecule has 0 saturated heterocycles. The largest absolute Gasteiger partial charge is 0.492 e. The molecule has 84 valence electrons. The minimum absolute atomic E-state index is 0.533. The van der Waals surface area contributed by atoms with E-state index in [1.807, 2.05) is 12.1 Å². The number of ether oxygens (including phenoxy) is 1. The summed E-state index contributed by atoms with van der Waals surface area (Å²) in [7, 11) is 1.58. The molecule has 2 rings (SSSR count). The van der Waals surface area contributed by atoms with Crippen molar-refractivity contribution in [3.05, 3.63) is 46.7 Å². The number of aryl methyl sites for hydroxylation is 1. The van der Waals surface area contributed by atoms with Gasteiger partial charge in [-0.2, -0.15) is 5.10 Å². The molecule has 0 aliphatic rings. The van der Waals surface area contributed by atoms with E-state index in [1.165, 1.54) is 11.1 Å². The van der Waals surface area contributed by atoms with Gasteiger partial charge in [0.1, 0.15) is 0 Å². The molecule has 0 fully saturated rings. The first kappa shape index (κ1) is 11.0. The Morgan fingerprint density at radius 2 is 2.12 bits per heavy atom. The number of rotatable bonds is 3.